The minimum atomic E-state index is -3.63. The summed E-state index contributed by atoms with van der Waals surface area (Å²) in [6.07, 6.45) is 1.39. The number of aromatic nitrogens is 2. The summed E-state index contributed by atoms with van der Waals surface area (Å²) >= 11 is 0. The number of sulfonamides is 1. The number of nitrogens with zero attached hydrogens (tertiary/aromatic N) is 3. The summed E-state index contributed by atoms with van der Waals surface area (Å²) in [5, 5.41) is 14.4. The van der Waals surface area contributed by atoms with Gasteiger partial charge in [-0.3, -0.25) is 4.68 Å². The summed E-state index contributed by atoms with van der Waals surface area (Å²) in [6, 6.07) is 0. The number of rotatable bonds is 7. The molecule has 0 saturated heterocycles. The van der Waals surface area contributed by atoms with Gasteiger partial charge in [-0.05, 0) is 38.5 Å². The summed E-state index contributed by atoms with van der Waals surface area (Å²) in [5.41, 5.74) is 1.19. The Morgan fingerprint density at radius 1 is 1.36 bits per heavy atom. The summed E-state index contributed by atoms with van der Waals surface area (Å²) in [4.78, 5) is 0.277. The van der Waals surface area contributed by atoms with Crippen LogP contribution in [0.4, 0.5) is 0 Å². The molecule has 0 aromatic carbocycles. The molecule has 6 nitrogen and oxygen atoms in total. The Kier molecular flexibility index (Phi) is 4.99. The number of likely N-dealkylation sites (N-methyl/N-ethyl adjacent to an activating group) is 1. The molecule has 0 unspecified atom stereocenters. The van der Waals surface area contributed by atoms with Crippen LogP contribution in [0.1, 0.15) is 38.1 Å². The van der Waals surface area contributed by atoms with Gasteiger partial charge >= 0.3 is 0 Å². The fourth-order valence-electron chi connectivity index (χ4n) is 2.72. The summed E-state index contributed by atoms with van der Waals surface area (Å²) < 4.78 is 28.6. The Morgan fingerprint density at radius 2 is 1.95 bits per heavy atom. The third-order valence-electron chi connectivity index (χ3n) is 4.13. The highest BCUT2D eigenvalue weighted by atomic mass is 32.2. The lowest BCUT2D eigenvalue weighted by Crippen LogP contribution is -2.35. The summed E-state index contributed by atoms with van der Waals surface area (Å²) in [7, 11) is -2.10. The van der Waals surface area contributed by atoms with E-state index in [1.807, 2.05) is 0 Å². The molecule has 1 saturated carbocycles. The van der Waals surface area contributed by atoms with E-state index in [2.05, 4.69) is 18.9 Å². The van der Waals surface area contributed by atoms with Gasteiger partial charge in [0.2, 0.25) is 10.0 Å². The number of hydrogen-bond acceptors (Lipinski definition) is 4. The van der Waals surface area contributed by atoms with Gasteiger partial charge in [-0.2, -0.15) is 9.40 Å². The van der Waals surface area contributed by atoms with Crippen molar-refractivity contribution in [1.29, 1.82) is 0 Å². The third-order valence-corrected chi connectivity index (χ3v) is 6.21. The van der Waals surface area contributed by atoms with E-state index in [0.717, 1.165) is 12.8 Å². The minimum Gasteiger partial charge on any atom is -0.391 e. The molecule has 0 amide bonds. The van der Waals surface area contributed by atoms with Crippen molar-refractivity contribution in [3.63, 3.8) is 0 Å². The molecule has 1 aliphatic carbocycles. The van der Waals surface area contributed by atoms with Gasteiger partial charge < -0.3 is 5.11 Å². The molecule has 1 N–H and O–H groups in total. The Hall–Kier alpha value is -0.920. The molecule has 1 heterocycles. The van der Waals surface area contributed by atoms with Gasteiger partial charge in [0.25, 0.3) is 0 Å². The lowest BCUT2D eigenvalue weighted by Gasteiger charge is -2.20. The van der Waals surface area contributed by atoms with Crippen molar-refractivity contribution in [2.24, 2.45) is 11.8 Å². The largest absolute Gasteiger partial charge is 0.391 e. The predicted octanol–water partition coefficient (Wildman–Crippen LogP) is 1.55. The zero-order valence-corrected chi connectivity index (χ0v) is 14.9. The molecule has 0 bridgehead atoms. The maximum atomic E-state index is 12.8. The van der Waals surface area contributed by atoms with Gasteiger partial charge in [-0.15, -0.1) is 0 Å². The maximum absolute atomic E-state index is 12.8. The lowest BCUT2D eigenvalue weighted by atomic mass is 10.2. The van der Waals surface area contributed by atoms with Crippen LogP contribution in [0.5, 0.6) is 0 Å². The normalized spacial score (nSPS) is 17.5. The first-order valence-electron chi connectivity index (χ1n) is 7.83. The van der Waals surface area contributed by atoms with Gasteiger partial charge in [0, 0.05) is 20.1 Å². The van der Waals surface area contributed by atoms with Gasteiger partial charge in [-0.25, -0.2) is 8.42 Å². The lowest BCUT2D eigenvalue weighted by molar-refractivity contribution is 0.131. The first-order chi connectivity index (χ1) is 10.1. The van der Waals surface area contributed by atoms with Crippen LogP contribution < -0.4 is 0 Å². The average molecular weight is 329 g/mol. The van der Waals surface area contributed by atoms with Crippen molar-refractivity contribution < 1.29 is 13.5 Å². The first-order valence-corrected chi connectivity index (χ1v) is 9.27. The quantitative estimate of drug-likeness (QED) is 0.823. The molecule has 1 fully saturated rings. The highest BCUT2D eigenvalue weighted by molar-refractivity contribution is 7.89. The van der Waals surface area contributed by atoms with Crippen LogP contribution in [-0.2, 0) is 16.6 Å². The molecule has 0 aliphatic heterocycles. The van der Waals surface area contributed by atoms with Crippen LogP contribution >= 0.6 is 0 Å². The van der Waals surface area contributed by atoms with Crippen LogP contribution in [0.15, 0.2) is 4.90 Å². The molecule has 7 heteroatoms. The van der Waals surface area contributed by atoms with E-state index in [-0.39, 0.29) is 17.4 Å². The molecule has 126 valence electrons. The Balaban J connectivity index is 2.26. The minimum absolute atomic E-state index is 0.140. The zero-order valence-electron chi connectivity index (χ0n) is 14.1. The Labute approximate surface area is 133 Å². The Bertz CT molecular complexity index is 633. The van der Waals surface area contributed by atoms with E-state index >= 15 is 0 Å². The van der Waals surface area contributed by atoms with Gasteiger partial charge in [0.05, 0.1) is 17.5 Å². The molecule has 2 rings (SSSR count). The average Bonchev–Trinajstić information content (AvgIpc) is 3.17. The van der Waals surface area contributed by atoms with Gasteiger partial charge in [0.1, 0.15) is 4.90 Å². The topological polar surface area (TPSA) is 75.4 Å². The fourth-order valence-corrected chi connectivity index (χ4v) is 4.28. The molecule has 0 radical (unpaired) electrons. The van der Waals surface area contributed by atoms with Crippen LogP contribution in [-0.4, -0.2) is 47.3 Å². The summed E-state index contributed by atoms with van der Waals surface area (Å²) in [6.45, 7) is 8.49. The van der Waals surface area contributed by atoms with Gasteiger partial charge in [0.15, 0.2) is 0 Å². The van der Waals surface area contributed by atoms with Crippen LogP contribution in [0.25, 0.3) is 0 Å². The number of aryl methyl sites for hydroxylation is 1. The highest BCUT2D eigenvalue weighted by Gasteiger charge is 2.35. The second kappa shape index (κ2) is 6.29. The fraction of sp³-hybridized carbons (Fsp3) is 0.800. The second-order valence-corrected chi connectivity index (χ2v) is 8.75. The number of aliphatic hydroxyl groups is 1. The predicted molar refractivity (Wildman–Crippen MR) is 85.1 cm³/mol. The summed E-state index contributed by atoms with van der Waals surface area (Å²) in [5.74, 6) is 0.645. The van der Waals surface area contributed by atoms with E-state index in [0.29, 0.717) is 23.9 Å². The first kappa shape index (κ1) is 17.4. The highest BCUT2D eigenvalue weighted by Crippen LogP contribution is 2.33. The number of hydrogen-bond donors (Lipinski definition) is 1. The van der Waals surface area contributed by atoms with E-state index in [9.17, 15) is 13.5 Å². The van der Waals surface area contributed by atoms with E-state index in [1.54, 1.807) is 18.5 Å². The second-order valence-electron chi connectivity index (χ2n) is 6.77. The molecule has 1 aromatic rings. The van der Waals surface area contributed by atoms with Crippen molar-refractivity contribution in [3.8, 4) is 0 Å². The maximum Gasteiger partial charge on any atom is 0.246 e. The van der Waals surface area contributed by atoms with Crippen LogP contribution in [0, 0.1) is 25.7 Å². The van der Waals surface area contributed by atoms with Gasteiger partial charge in [-0.1, -0.05) is 13.8 Å². The molecular weight excluding hydrogens is 302 g/mol. The van der Waals surface area contributed by atoms with Crippen molar-refractivity contribution in [2.45, 2.75) is 58.1 Å². The van der Waals surface area contributed by atoms with Crippen LogP contribution in [0.3, 0.4) is 0 Å². The molecule has 1 aliphatic rings. The smallest absolute Gasteiger partial charge is 0.246 e. The Morgan fingerprint density at radius 3 is 2.45 bits per heavy atom. The van der Waals surface area contributed by atoms with E-state index < -0.39 is 16.1 Å². The molecule has 22 heavy (non-hydrogen) atoms. The van der Waals surface area contributed by atoms with E-state index in [1.165, 1.54) is 11.4 Å². The molecular formula is C15H27N3O3S. The molecule has 1 atom stereocenters. The van der Waals surface area contributed by atoms with Crippen molar-refractivity contribution in [3.05, 3.63) is 11.4 Å². The zero-order chi connectivity index (χ0) is 16.7. The molecule has 0 spiro atoms. The van der Waals surface area contributed by atoms with Crippen LogP contribution in [0.2, 0.25) is 0 Å². The van der Waals surface area contributed by atoms with Crippen molar-refractivity contribution in [1.82, 2.24) is 14.1 Å². The number of aliphatic hydroxyl groups excluding tert-OH is 1. The standard InChI is InChI=1S/C15H27N3O3S/c1-10(2)8-18-12(4)15(11(3)16-18)22(20,21)17(5)9-14(19)13-6-7-13/h10,13-14,19H,6-9H2,1-5H3/t14-/m0/s1. The third kappa shape index (κ3) is 3.52. The SMILES string of the molecule is Cc1nn(CC(C)C)c(C)c1S(=O)(=O)N(C)C[C@H](O)C1CC1. The van der Waals surface area contributed by atoms with Crippen molar-refractivity contribution in [2.75, 3.05) is 13.6 Å². The molecule has 1 aromatic heterocycles. The van der Waals surface area contributed by atoms with E-state index in [4.69, 9.17) is 0 Å². The van der Waals surface area contributed by atoms with Crippen molar-refractivity contribution >= 4 is 10.0 Å². The monoisotopic (exact) mass is 329 g/mol.